The fourth-order valence-electron chi connectivity index (χ4n) is 1.37. The first-order valence-electron chi connectivity index (χ1n) is 5.25. The molecule has 0 aliphatic carbocycles. The molecule has 0 radical (unpaired) electrons. The number of benzene rings is 1. The molecule has 0 saturated heterocycles. The Balaban J connectivity index is 2.11. The number of carbonyl (C=O) groups is 1. The van der Waals surface area contributed by atoms with E-state index in [9.17, 15) is 4.79 Å². The zero-order valence-corrected chi connectivity index (χ0v) is 9.47. The molecule has 86 valence electrons. The van der Waals surface area contributed by atoms with Gasteiger partial charge >= 0.3 is 0 Å². The summed E-state index contributed by atoms with van der Waals surface area (Å²) in [7, 11) is 0. The molecule has 4 heteroatoms. The molecule has 17 heavy (non-hydrogen) atoms. The normalized spacial score (nSPS) is 9.94. The van der Waals surface area contributed by atoms with Crippen LogP contribution in [0.2, 0.25) is 0 Å². The molecule has 1 amide bonds. The molecule has 0 atom stereocenters. The van der Waals surface area contributed by atoms with E-state index < -0.39 is 0 Å². The largest absolute Gasteiger partial charge is 0.399 e. The molecule has 1 heterocycles. The molecule has 1 aromatic carbocycles. The number of amides is 1. The van der Waals surface area contributed by atoms with Gasteiger partial charge in [-0.1, -0.05) is 0 Å². The van der Waals surface area contributed by atoms with Crippen LogP contribution in [0.3, 0.4) is 0 Å². The molecule has 2 rings (SSSR count). The lowest BCUT2D eigenvalue weighted by Gasteiger charge is -2.05. The second-order valence-electron chi connectivity index (χ2n) is 3.76. The van der Waals surface area contributed by atoms with Crippen LogP contribution < -0.4 is 11.1 Å². The van der Waals surface area contributed by atoms with Crippen LogP contribution in [0, 0.1) is 6.92 Å². The molecular formula is C13H13N3O. The maximum absolute atomic E-state index is 11.8. The van der Waals surface area contributed by atoms with Gasteiger partial charge in [0, 0.05) is 23.3 Å². The summed E-state index contributed by atoms with van der Waals surface area (Å²) in [6.45, 7) is 1.88. The van der Waals surface area contributed by atoms with Crippen molar-refractivity contribution in [3.05, 3.63) is 53.9 Å². The minimum atomic E-state index is -0.178. The predicted octanol–water partition coefficient (Wildman–Crippen LogP) is 2.22. The summed E-state index contributed by atoms with van der Waals surface area (Å²) < 4.78 is 0. The molecule has 0 aliphatic heterocycles. The van der Waals surface area contributed by atoms with E-state index in [2.05, 4.69) is 10.3 Å². The van der Waals surface area contributed by atoms with Crippen LogP contribution in [0.25, 0.3) is 0 Å². The number of aromatic nitrogens is 1. The highest BCUT2D eigenvalue weighted by molar-refractivity contribution is 6.04. The molecule has 3 N–H and O–H groups in total. The van der Waals surface area contributed by atoms with Crippen molar-refractivity contribution >= 4 is 17.3 Å². The van der Waals surface area contributed by atoms with Crippen molar-refractivity contribution in [1.82, 2.24) is 4.98 Å². The van der Waals surface area contributed by atoms with Gasteiger partial charge in [-0.2, -0.15) is 0 Å². The summed E-state index contributed by atoms with van der Waals surface area (Å²) in [5.74, 6) is -0.178. The highest BCUT2D eigenvalue weighted by Gasteiger charge is 2.05. The molecular weight excluding hydrogens is 214 g/mol. The Labute approximate surface area is 99.5 Å². The predicted molar refractivity (Wildman–Crippen MR) is 67.8 cm³/mol. The molecule has 4 nitrogen and oxygen atoms in total. The van der Waals surface area contributed by atoms with Crippen molar-refractivity contribution in [3.63, 3.8) is 0 Å². The van der Waals surface area contributed by atoms with Crippen LogP contribution in [0.1, 0.15) is 16.1 Å². The van der Waals surface area contributed by atoms with Crippen molar-refractivity contribution in [2.24, 2.45) is 0 Å². The summed E-state index contributed by atoms with van der Waals surface area (Å²) in [5.41, 5.74) is 8.36. The van der Waals surface area contributed by atoms with E-state index in [0.29, 0.717) is 16.9 Å². The third-order valence-corrected chi connectivity index (χ3v) is 2.34. The van der Waals surface area contributed by atoms with Gasteiger partial charge in [-0.15, -0.1) is 0 Å². The van der Waals surface area contributed by atoms with Crippen LogP contribution in [-0.2, 0) is 0 Å². The molecule has 0 saturated carbocycles. The van der Waals surface area contributed by atoms with Gasteiger partial charge in [-0.05, 0) is 43.3 Å². The first kappa shape index (κ1) is 11.1. The van der Waals surface area contributed by atoms with E-state index in [1.54, 1.807) is 42.6 Å². The molecule has 0 bridgehead atoms. The molecule has 0 fully saturated rings. The van der Waals surface area contributed by atoms with Crippen molar-refractivity contribution < 1.29 is 4.79 Å². The van der Waals surface area contributed by atoms with Crippen molar-refractivity contribution in [3.8, 4) is 0 Å². The molecule has 0 spiro atoms. The summed E-state index contributed by atoms with van der Waals surface area (Å²) in [6, 6.07) is 10.5. The van der Waals surface area contributed by atoms with Gasteiger partial charge in [0.25, 0.3) is 5.91 Å². The Morgan fingerprint density at radius 2 is 1.88 bits per heavy atom. The van der Waals surface area contributed by atoms with E-state index in [4.69, 9.17) is 5.73 Å². The fourth-order valence-corrected chi connectivity index (χ4v) is 1.37. The number of anilines is 2. The SMILES string of the molecule is Cc1ccc(C(=O)Nc2ccc(N)cc2)cn1. The third-order valence-electron chi connectivity index (χ3n) is 2.34. The zero-order valence-electron chi connectivity index (χ0n) is 9.47. The molecule has 0 unspecified atom stereocenters. The van der Waals surface area contributed by atoms with Gasteiger partial charge in [-0.3, -0.25) is 9.78 Å². The molecule has 0 aliphatic rings. The summed E-state index contributed by atoms with van der Waals surface area (Å²) in [6.07, 6.45) is 1.56. The van der Waals surface area contributed by atoms with Crippen LogP contribution in [-0.4, -0.2) is 10.9 Å². The second kappa shape index (κ2) is 4.65. The molecule has 1 aromatic heterocycles. The summed E-state index contributed by atoms with van der Waals surface area (Å²) in [4.78, 5) is 15.9. The summed E-state index contributed by atoms with van der Waals surface area (Å²) in [5, 5.41) is 2.77. The quantitative estimate of drug-likeness (QED) is 0.773. The van der Waals surface area contributed by atoms with Gasteiger partial charge in [0.2, 0.25) is 0 Å². The van der Waals surface area contributed by atoms with E-state index in [1.807, 2.05) is 6.92 Å². The average molecular weight is 227 g/mol. The van der Waals surface area contributed by atoms with Gasteiger partial charge in [0.15, 0.2) is 0 Å². The Bertz CT molecular complexity index is 517. The Hall–Kier alpha value is -2.36. The first-order chi connectivity index (χ1) is 8.15. The first-order valence-corrected chi connectivity index (χ1v) is 5.25. The number of nitrogen functional groups attached to an aromatic ring is 1. The number of nitrogens with one attached hydrogen (secondary N) is 1. The maximum atomic E-state index is 11.8. The number of hydrogen-bond acceptors (Lipinski definition) is 3. The lowest BCUT2D eigenvalue weighted by atomic mass is 10.2. The number of hydrogen-bond donors (Lipinski definition) is 2. The van der Waals surface area contributed by atoms with Gasteiger partial charge in [-0.25, -0.2) is 0 Å². The Kier molecular flexibility index (Phi) is 3.05. The van der Waals surface area contributed by atoms with E-state index in [-0.39, 0.29) is 5.91 Å². The molecule has 2 aromatic rings. The van der Waals surface area contributed by atoms with Crippen LogP contribution >= 0.6 is 0 Å². The summed E-state index contributed by atoms with van der Waals surface area (Å²) >= 11 is 0. The van der Waals surface area contributed by atoms with E-state index in [0.717, 1.165) is 5.69 Å². The second-order valence-corrected chi connectivity index (χ2v) is 3.76. The topological polar surface area (TPSA) is 68.0 Å². The number of nitrogens with two attached hydrogens (primary N) is 1. The minimum Gasteiger partial charge on any atom is -0.399 e. The van der Waals surface area contributed by atoms with Crippen LogP contribution in [0.5, 0.6) is 0 Å². The number of carbonyl (C=O) groups excluding carboxylic acids is 1. The smallest absolute Gasteiger partial charge is 0.257 e. The van der Waals surface area contributed by atoms with Crippen LogP contribution in [0.15, 0.2) is 42.6 Å². The minimum absolute atomic E-state index is 0.178. The highest BCUT2D eigenvalue weighted by atomic mass is 16.1. The van der Waals surface area contributed by atoms with Gasteiger partial charge < -0.3 is 11.1 Å². The fraction of sp³-hybridized carbons (Fsp3) is 0.0769. The standard InChI is InChI=1S/C13H13N3O/c1-9-2-3-10(8-15-9)13(17)16-12-6-4-11(14)5-7-12/h2-8H,14H2,1H3,(H,16,17). The number of pyridine rings is 1. The van der Waals surface area contributed by atoms with Crippen LogP contribution in [0.4, 0.5) is 11.4 Å². The van der Waals surface area contributed by atoms with Gasteiger partial charge in [0.05, 0.1) is 5.56 Å². The van der Waals surface area contributed by atoms with Crippen molar-refractivity contribution in [1.29, 1.82) is 0 Å². The lowest BCUT2D eigenvalue weighted by molar-refractivity contribution is 0.102. The zero-order chi connectivity index (χ0) is 12.3. The van der Waals surface area contributed by atoms with Crippen molar-refractivity contribution in [2.75, 3.05) is 11.1 Å². The Morgan fingerprint density at radius 3 is 2.47 bits per heavy atom. The maximum Gasteiger partial charge on any atom is 0.257 e. The van der Waals surface area contributed by atoms with E-state index in [1.165, 1.54) is 0 Å². The van der Waals surface area contributed by atoms with Gasteiger partial charge in [0.1, 0.15) is 0 Å². The highest BCUT2D eigenvalue weighted by Crippen LogP contribution is 2.12. The number of rotatable bonds is 2. The lowest BCUT2D eigenvalue weighted by Crippen LogP contribution is -2.12. The number of nitrogens with zero attached hydrogens (tertiary/aromatic N) is 1. The number of aryl methyl sites for hydroxylation is 1. The average Bonchev–Trinajstić information content (AvgIpc) is 2.33. The Morgan fingerprint density at radius 1 is 1.18 bits per heavy atom. The van der Waals surface area contributed by atoms with Crippen molar-refractivity contribution in [2.45, 2.75) is 6.92 Å². The third kappa shape index (κ3) is 2.81. The monoisotopic (exact) mass is 227 g/mol. The van der Waals surface area contributed by atoms with E-state index >= 15 is 0 Å².